The second kappa shape index (κ2) is 49.8. The topological polar surface area (TPSA) is 78.2 Å². The number of carbonyl (C=O) groups is 2. The number of ketones is 1. The van der Waals surface area contributed by atoms with Gasteiger partial charge in [0.2, 0.25) is 1.43 Å². The van der Waals surface area contributed by atoms with E-state index in [2.05, 4.69) is 45.8 Å². The van der Waals surface area contributed by atoms with Crippen molar-refractivity contribution < 1.29 is 14.7 Å². The maximum atomic E-state index is 11.8. The molecule has 0 aliphatic carbocycles. The number of rotatable bonds is 7. The summed E-state index contributed by atoms with van der Waals surface area (Å²) in [4.78, 5) is 21.8. The van der Waals surface area contributed by atoms with Gasteiger partial charge in [-0.1, -0.05) is 237 Å². The lowest BCUT2D eigenvalue weighted by Gasteiger charge is -2.00. The highest BCUT2D eigenvalue weighted by molar-refractivity contribution is 9.08. The van der Waals surface area contributed by atoms with Gasteiger partial charge in [-0.2, -0.15) is 17.9 Å². The monoisotopic (exact) mass is 805 g/mol. The van der Waals surface area contributed by atoms with E-state index in [9.17, 15) is 9.59 Å². The number of aliphatic hydroxyl groups is 1. The minimum Gasteiger partial charge on any atom is -0.374 e. The van der Waals surface area contributed by atoms with E-state index < -0.39 is 6.10 Å². The number of aliphatic hydroxyl groups excluding tert-OH is 1. The normalized spacial score (nSPS) is 8.64. The quantitative estimate of drug-likeness (QED) is 0.0564. The Morgan fingerprint density at radius 3 is 1.28 bits per heavy atom. The lowest BCUT2D eigenvalue weighted by atomic mass is 10.0. The van der Waals surface area contributed by atoms with Crippen LogP contribution < -0.4 is 0 Å². The Bertz CT molecular complexity index is 1460. The van der Waals surface area contributed by atoms with Crippen LogP contribution in [0.5, 0.6) is 0 Å². The standard InChI is InChI=1S/C14H12O.C8H7NO.C7H7Br.C7H6O.5C2H6.CH4S/c15-14(13-9-5-2-6-10-13)11-12-7-3-1-4-8-12;9-6-8(10)7-4-2-1-3-5-7;2*8-6-7-4-2-1-3-5-7;6*1-2/h1-10H,11H2;1-5,8,10H;1-5H,6H2;1-6H;5*1-2H3;2H,1H3/i;10T;;;;;;;;. The molecule has 53 heavy (non-hydrogen) atoms. The Labute approximate surface area is 339 Å². The first-order chi connectivity index (χ1) is 26.6. The zero-order valence-corrected chi connectivity index (χ0v) is 36.5. The van der Waals surface area contributed by atoms with E-state index in [1.54, 1.807) is 42.7 Å². The molecule has 4 nitrogen and oxygen atoms in total. The molecule has 0 aromatic heterocycles. The molecule has 5 aromatic carbocycles. The average Bonchev–Trinajstić information content (AvgIpc) is 3.30. The minimum atomic E-state index is -0.767. The molecule has 0 spiro atoms. The second-order valence-corrected chi connectivity index (χ2v) is 9.08. The Balaban J connectivity index is -0.000000184. The van der Waals surface area contributed by atoms with Gasteiger partial charge in [-0.25, -0.2) is 0 Å². The first-order valence-electron chi connectivity index (χ1n) is 18.8. The third-order valence-electron chi connectivity index (χ3n) is 5.46. The number of nitrogens with zero attached hydrogens (tertiary/aromatic N) is 1. The van der Waals surface area contributed by atoms with Crippen LogP contribution in [0, 0.1) is 11.3 Å². The number of Topliss-reactive ketones (excluding diaryl/α,β-unsaturated/α-hetero) is 1. The summed E-state index contributed by atoms with van der Waals surface area (Å²) in [5, 5.41) is 13.6. The predicted molar refractivity (Wildman–Crippen MR) is 240 cm³/mol. The van der Waals surface area contributed by atoms with Crippen molar-refractivity contribution in [1.82, 2.24) is 0 Å². The molecule has 0 amide bonds. The predicted octanol–water partition coefficient (Wildman–Crippen LogP) is 14.1. The summed E-state index contributed by atoms with van der Waals surface area (Å²) in [5.41, 5.74) is 4.61. The lowest BCUT2D eigenvalue weighted by Crippen LogP contribution is -2.02. The van der Waals surface area contributed by atoms with Crippen molar-refractivity contribution in [3.05, 3.63) is 179 Å². The number of hydrogen-bond donors (Lipinski definition) is 2. The van der Waals surface area contributed by atoms with E-state index in [1.807, 2.05) is 178 Å². The van der Waals surface area contributed by atoms with Crippen molar-refractivity contribution in [1.29, 1.82) is 6.69 Å². The molecule has 0 aliphatic rings. The minimum absolute atomic E-state index is 0.168. The fourth-order valence-electron chi connectivity index (χ4n) is 3.31. The zero-order chi connectivity index (χ0) is 42.3. The molecular weight excluding hydrogens is 738 g/mol. The molecule has 1 N–H and O–H groups in total. The Hall–Kier alpha value is -4.28. The molecule has 6 heteroatoms. The van der Waals surface area contributed by atoms with Crippen LogP contribution >= 0.6 is 28.6 Å². The van der Waals surface area contributed by atoms with Crippen LogP contribution in [0.25, 0.3) is 0 Å². The van der Waals surface area contributed by atoms with Crippen LogP contribution in [0.4, 0.5) is 0 Å². The highest BCUT2D eigenvalue weighted by Gasteiger charge is 2.05. The molecule has 0 heterocycles. The van der Waals surface area contributed by atoms with Crippen molar-refractivity contribution in [3.8, 4) is 6.07 Å². The molecule has 1 unspecified atom stereocenters. The summed E-state index contributed by atoms with van der Waals surface area (Å²) < 4.78 is 6.57. The van der Waals surface area contributed by atoms with Crippen molar-refractivity contribution in [2.75, 3.05) is 6.26 Å². The zero-order valence-electron chi connectivity index (χ0n) is 35.0. The third kappa shape index (κ3) is 34.6. The molecule has 0 bridgehead atoms. The van der Waals surface area contributed by atoms with E-state index in [0.717, 1.165) is 28.3 Å². The largest absolute Gasteiger partial charge is 0.374 e. The van der Waals surface area contributed by atoms with Crippen molar-refractivity contribution in [3.63, 3.8) is 0 Å². The molecule has 0 saturated carbocycles. The first kappa shape index (κ1) is 55.5. The Morgan fingerprint density at radius 2 is 0.981 bits per heavy atom. The van der Waals surface area contributed by atoms with E-state index in [0.29, 0.717) is 12.0 Å². The number of thiol groups is 1. The second-order valence-electron chi connectivity index (χ2n) is 8.52. The third-order valence-corrected chi connectivity index (χ3v) is 6.10. The summed E-state index contributed by atoms with van der Waals surface area (Å²) in [5.74, 6) is 0.168. The van der Waals surface area contributed by atoms with E-state index >= 15 is 0 Å². The van der Waals surface area contributed by atoms with Gasteiger partial charge in [0.15, 0.2) is 11.9 Å². The lowest BCUT2D eigenvalue weighted by molar-refractivity contribution is 0.0992. The molecule has 0 aliphatic heterocycles. The van der Waals surface area contributed by atoms with Gasteiger partial charge in [0.25, 0.3) is 0 Å². The SMILES string of the molecule is BrCc1ccccc1.CC.CC.CC.CC.CC.CS.O=C(Cc1ccccc1)c1ccccc1.O=Cc1ccccc1.[3H]OC(C#N)c1ccccc1. The molecule has 0 fully saturated rings. The fraction of sp³-hybridized carbons (Fsp3) is 0.298. The van der Waals surface area contributed by atoms with Gasteiger partial charge in [-0.3, -0.25) is 9.59 Å². The van der Waals surface area contributed by atoms with Crippen LogP contribution in [0.3, 0.4) is 0 Å². The van der Waals surface area contributed by atoms with E-state index in [1.165, 1.54) is 5.56 Å². The number of carbonyl (C=O) groups excluding carboxylic acids is 2. The molecule has 290 valence electrons. The fourth-order valence-corrected chi connectivity index (χ4v) is 3.68. The highest BCUT2D eigenvalue weighted by atomic mass is 79.9. The summed E-state index contributed by atoms with van der Waals surface area (Å²) in [7, 11) is 0. The molecule has 0 radical (unpaired) electrons. The Morgan fingerprint density at radius 1 is 0.642 bits per heavy atom. The van der Waals surface area contributed by atoms with Crippen molar-refractivity contribution in [2.45, 2.75) is 87.1 Å². The molecule has 5 rings (SSSR count). The molecule has 0 saturated heterocycles. The number of nitriles is 1. The van der Waals surface area contributed by atoms with Gasteiger partial charge in [0.1, 0.15) is 6.29 Å². The maximum Gasteiger partial charge on any atom is 0.212 e. The number of benzene rings is 5. The van der Waals surface area contributed by atoms with Crippen LogP contribution in [-0.2, 0) is 11.8 Å². The first-order valence-corrected chi connectivity index (χ1v) is 20.4. The van der Waals surface area contributed by atoms with Crippen LogP contribution in [-0.4, -0.2) is 24.9 Å². The van der Waals surface area contributed by atoms with Crippen LogP contribution in [0.15, 0.2) is 152 Å². The number of alkyl halides is 1. The van der Waals surface area contributed by atoms with Gasteiger partial charge in [0.05, 0.1) is 6.07 Å². The van der Waals surface area contributed by atoms with E-state index in [-0.39, 0.29) is 5.78 Å². The molecular formula is C47H66BrNO3S. The maximum absolute atomic E-state index is 11.8. The van der Waals surface area contributed by atoms with E-state index in [4.69, 9.17) is 6.69 Å². The molecule has 5 aromatic rings. The van der Waals surface area contributed by atoms with Gasteiger partial charge in [-0.05, 0) is 22.9 Å². The summed E-state index contributed by atoms with van der Waals surface area (Å²) in [6, 6.07) is 49.4. The number of halogens is 1. The van der Waals surface area contributed by atoms with Gasteiger partial charge >= 0.3 is 0 Å². The number of hydrogen-bond acceptors (Lipinski definition) is 5. The number of aldehydes is 1. The van der Waals surface area contributed by atoms with Crippen molar-refractivity contribution in [2.24, 2.45) is 0 Å². The summed E-state index contributed by atoms with van der Waals surface area (Å²) in [6.45, 7) is 20.0. The van der Waals surface area contributed by atoms with Gasteiger partial charge in [0, 0.05) is 22.9 Å². The van der Waals surface area contributed by atoms with Crippen molar-refractivity contribution >= 4 is 40.6 Å². The smallest absolute Gasteiger partial charge is 0.212 e. The van der Waals surface area contributed by atoms with Crippen LogP contribution in [0.2, 0.25) is 0 Å². The van der Waals surface area contributed by atoms with Crippen LogP contribution in [0.1, 0.15) is 113 Å². The molecule has 1 atom stereocenters. The summed E-state index contributed by atoms with van der Waals surface area (Å²) in [6.07, 6.45) is 2.24. The Kier molecular flexibility index (Phi) is 52.2. The van der Waals surface area contributed by atoms with Gasteiger partial charge < -0.3 is 5.11 Å². The summed E-state index contributed by atoms with van der Waals surface area (Å²) >= 11 is 6.89. The average molecular weight is 807 g/mol. The highest BCUT2D eigenvalue weighted by Crippen LogP contribution is 2.09. The van der Waals surface area contributed by atoms with Gasteiger partial charge in [-0.15, -0.1) is 0 Å².